The van der Waals surface area contributed by atoms with Crippen LogP contribution in [-0.2, 0) is 47.6 Å². The standard InChI is InChI=1S/C34H54FN5O12P2S2Si2/c1-19(2)57(44,20(3)4)52-58(21(5)6,22(7)8)51-30-27-16-46-53(42,55)49-26-13-24(47-28-10-11-36-17-37-28)12-23(26)15-45-54(43,56)50-31(30)34(48-27)40-14-25(35)29-32(40)38-18-39(9)33(29)41/h10-11,14,17-24,26-27,30-31,34,44H,12-13,15-16H2,1-9H3,(H,42,55)(H,43,56)/t23-,24-,26+,27-,30-,31-,34-,53-,54+/m1/s1. The van der Waals surface area contributed by atoms with Crippen molar-refractivity contribution in [3.63, 3.8) is 0 Å². The third-order valence-electron chi connectivity index (χ3n) is 11.1. The number of rotatable bonds is 11. The molecule has 1 aliphatic carbocycles. The molecule has 58 heavy (non-hydrogen) atoms. The molecule has 0 amide bonds. The first kappa shape index (κ1) is 46.0. The van der Waals surface area contributed by atoms with Gasteiger partial charge in [0.25, 0.3) is 5.56 Å². The molecule has 3 aromatic heterocycles. The van der Waals surface area contributed by atoms with Crippen LogP contribution in [0.15, 0.2) is 35.9 Å². The summed E-state index contributed by atoms with van der Waals surface area (Å²) in [6.45, 7) is 6.11. The quantitative estimate of drug-likeness (QED) is 0.0990. The molecule has 3 aromatic rings. The van der Waals surface area contributed by atoms with E-state index in [1.54, 1.807) is 6.07 Å². The molecule has 17 nitrogen and oxygen atoms in total. The maximum atomic E-state index is 15.7. The molecule has 0 aromatic carbocycles. The smallest absolute Gasteiger partial charge is 0.386 e. The minimum absolute atomic E-state index is 0.0869. The van der Waals surface area contributed by atoms with Crippen molar-refractivity contribution < 1.29 is 54.4 Å². The van der Waals surface area contributed by atoms with E-state index in [-0.39, 0.29) is 46.2 Å². The molecule has 6 rings (SSSR count). The molecule has 0 unspecified atom stereocenters. The van der Waals surface area contributed by atoms with Crippen LogP contribution in [0, 0.1) is 11.7 Å². The van der Waals surface area contributed by atoms with Crippen LogP contribution in [0.1, 0.15) is 74.5 Å². The van der Waals surface area contributed by atoms with Gasteiger partial charge in [-0.1, -0.05) is 79.9 Å². The topological polar surface area (TPSA) is 194 Å². The van der Waals surface area contributed by atoms with Gasteiger partial charge in [0.05, 0.1) is 25.6 Å². The fourth-order valence-electron chi connectivity index (χ4n) is 7.97. The predicted molar refractivity (Wildman–Crippen MR) is 223 cm³/mol. The highest BCUT2D eigenvalue weighted by molar-refractivity contribution is 8.44. The van der Waals surface area contributed by atoms with Gasteiger partial charge in [0, 0.05) is 37.8 Å². The summed E-state index contributed by atoms with van der Waals surface area (Å²) >= 11 is 8.78. The summed E-state index contributed by atoms with van der Waals surface area (Å²) in [5.41, 5.74) is -1.76. The Bertz CT molecular complexity index is 2070. The number of hydrogen-bond acceptors (Lipinski definition) is 15. The van der Waals surface area contributed by atoms with Gasteiger partial charge in [0.1, 0.15) is 36.1 Å². The minimum atomic E-state index is -4.39. The Balaban J connectivity index is 1.44. The Labute approximate surface area is 349 Å². The molecule has 24 heteroatoms. The molecule has 9 atom stereocenters. The van der Waals surface area contributed by atoms with Crippen molar-refractivity contribution in [1.29, 1.82) is 0 Å². The lowest BCUT2D eigenvalue weighted by molar-refractivity contribution is -0.0489. The number of ether oxygens (including phenoxy) is 2. The molecule has 3 aliphatic rings. The van der Waals surface area contributed by atoms with E-state index < -0.39 is 91.4 Å². The average Bonchev–Trinajstić information content (AvgIpc) is 3.79. The SMILES string of the molecule is CC(C)[Si](O)(O[Si](O[C@H]1[C@H]2O[P@@](=O)(S)OC[C@H]3C[C@@H](Oc4ccncn4)C[C@@H]3O[P@](=O)(S)OC[C@H]1O[C@H]2n1cc(F)c2c(=O)n(C)cnc21)(C(C)C)C(C)C)C(C)C. The summed E-state index contributed by atoms with van der Waals surface area (Å²) in [7, 11) is -5.71. The van der Waals surface area contributed by atoms with E-state index in [0.29, 0.717) is 12.3 Å². The highest BCUT2D eigenvalue weighted by Crippen LogP contribution is 2.61. The van der Waals surface area contributed by atoms with Gasteiger partial charge in [-0.15, -0.1) is 0 Å². The molecule has 0 spiro atoms. The number of aryl methyl sites for hydroxylation is 1. The van der Waals surface area contributed by atoms with Crippen LogP contribution in [-0.4, -0.2) is 89.7 Å². The Kier molecular flexibility index (Phi) is 14.0. The second-order valence-electron chi connectivity index (χ2n) is 16.3. The van der Waals surface area contributed by atoms with Crippen molar-refractivity contribution >= 4 is 66.2 Å². The fraction of sp³-hybridized carbons (Fsp3) is 0.706. The fourth-order valence-corrected chi connectivity index (χ4v) is 21.0. The largest absolute Gasteiger partial charge is 0.474 e. The number of halogens is 1. The summed E-state index contributed by atoms with van der Waals surface area (Å²) in [6.07, 6.45) is -0.790. The minimum Gasteiger partial charge on any atom is -0.474 e. The van der Waals surface area contributed by atoms with Gasteiger partial charge in [-0.3, -0.25) is 18.4 Å². The molecule has 1 N–H and O–H groups in total. The lowest BCUT2D eigenvalue weighted by atomic mass is 10.1. The molecular weight excluding hydrogens is 872 g/mol. The molecular formula is C34H54FN5O12P2S2Si2. The van der Waals surface area contributed by atoms with Gasteiger partial charge in [0.2, 0.25) is 5.88 Å². The van der Waals surface area contributed by atoms with Crippen LogP contribution < -0.4 is 10.3 Å². The third kappa shape index (κ3) is 9.45. The zero-order valence-corrected chi connectivity index (χ0v) is 39.5. The Morgan fingerprint density at radius 2 is 1.60 bits per heavy atom. The van der Waals surface area contributed by atoms with E-state index in [1.807, 2.05) is 55.4 Å². The summed E-state index contributed by atoms with van der Waals surface area (Å²) in [5.74, 6) is -1.10. The number of fused-ring (bicyclic) bond motifs is 4. The second kappa shape index (κ2) is 17.7. The molecule has 5 heterocycles. The average molecular weight is 926 g/mol. The summed E-state index contributed by atoms with van der Waals surface area (Å²) < 4.78 is 97.9. The third-order valence-corrected chi connectivity index (χ3v) is 24.1. The van der Waals surface area contributed by atoms with Crippen molar-refractivity contribution in [1.82, 2.24) is 24.1 Å². The molecule has 2 aliphatic heterocycles. The second-order valence-corrected chi connectivity index (χ2v) is 30.7. The molecule has 3 fully saturated rings. The van der Waals surface area contributed by atoms with Crippen LogP contribution in [0.4, 0.5) is 4.39 Å². The van der Waals surface area contributed by atoms with Crippen LogP contribution in [0.3, 0.4) is 0 Å². The van der Waals surface area contributed by atoms with Gasteiger partial charge in [-0.25, -0.2) is 28.5 Å². The van der Waals surface area contributed by atoms with E-state index in [0.717, 1.165) is 10.8 Å². The van der Waals surface area contributed by atoms with E-state index in [1.165, 1.54) is 30.5 Å². The lowest BCUT2D eigenvalue weighted by Gasteiger charge is -2.47. The number of aromatic nitrogens is 5. The normalized spacial score (nSPS) is 31.5. The van der Waals surface area contributed by atoms with E-state index in [4.69, 9.17) is 36.1 Å². The zero-order chi connectivity index (χ0) is 42.5. The van der Waals surface area contributed by atoms with Crippen LogP contribution >= 0.6 is 38.1 Å². The van der Waals surface area contributed by atoms with Crippen LogP contribution in [0.2, 0.25) is 22.2 Å². The maximum absolute atomic E-state index is 15.7. The highest BCUT2D eigenvalue weighted by Gasteiger charge is 2.60. The predicted octanol–water partition coefficient (Wildman–Crippen LogP) is 7.23. The van der Waals surface area contributed by atoms with Crippen molar-refractivity contribution in [3.8, 4) is 5.88 Å². The summed E-state index contributed by atoms with van der Waals surface area (Å²) in [6, 6.07) is 1.60. The van der Waals surface area contributed by atoms with Crippen LogP contribution in [0.25, 0.3) is 11.0 Å². The first-order chi connectivity index (χ1) is 27.1. The van der Waals surface area contributed by atoms with Gasteiger partial charge in [0.15, 0.2) is 17.7 Å². The zero-order valence-electron chi connectivity index (χ0n) is 33.9. The number of thiol groups is 2. The molecule has 324 valence electrons. The number of hydrogen-bond donors (Lipinski definition) is 3. The van der Waals surface area contributed by atoms with Crippen molar-refractivity contribution in [2.75, 3.05) is 13.2 Å². The molecule has 1 saturated carbocycles. The highest BCUT2D eigenvalue weighted by atomic mass is 32.7. The van der Waals surface area contributed by atoms with Gasteiger partial charge < -0.3 is 36.5 Å². The summed E-state index contributed by atoms with van der Waals surface area (Å²) in [4.78, 5) is 37.7. The lowest BCUT2D eigenvalue weighted by Crippen LogP contribution is -2.62. The maximum Gasteiger partial charge on any atom is 0.386 e. The van der Waals surface area contributed by atoms with Crippen molar-refractivity contribution in [2.45, 2.75) is 127 Å². The summed E-state index contributed by atoms with van der Waals surface area (Å²) in [5, 5.41) is -0.315. The first-order valence-corrected chi connectivity index (χ1v) is 28.7. The molecule has 2 saturated heterocycles. The van der Waals surface area contributed by atoms with Gasteiger partial charge in [-0.2, -0.15) is 0 Å². The molecule has 2 bridgehead atoms. The van der Waals surface area contributed by atoms with Crippen molar-refractivity contribution in [2.24, 2.45) is 13.0 Å². The van der Waals surface area contributed by atoms with E-state index in [2.05, 4.69) is 39.4 Å². The van der Waals surface area contributed by atoms with E-state index >= 15 is 4.39 Å². The first-order valence-electron chi connectivity index (χ1n) is 19.3. The van der Waals surface area contributed by atoms with Gasteiger partial charge in [-0.05, 0) is 28.6 Å². The van der Waals surface area contributed by atoms with Crippen LogP contribution in [0.5, 0.6) is 5.88 Å². The van der Waals surface area contributed by atoms with Crippen molar-refractivity contribution in [3.05, 3.63) is 47.3 Å². The Morgan fingerprint density at radius 1 is 0.948 bits per heavy atom. The molecule has 0 radical (unpaired) electrons. The number of nitrogens with zero attached hydrogens (tertiary/aromatic N) is 5. The van der Waals surface area contributed by atoms with Gasteiger partial charge >= 0.3 is 30.7 Å². The Hall–Kier alpha value is -1.50. The monoisotopic (exact) mass is 925 g/mol. The Morgan fingerprint density at radius 3 is 2.22 bits per heavy atom. The van der Waals surface area contributed by atoms with E-state index in [9.17, 15) is 18.7 Å².